The maximum Gasteiger partial charge on any atom is 0.130 e. The van der Waals surface area contributed by atoms with Crippen LogP contribution in [0, 0.1) is 5.92 Å². The first-order valence-electron chi connectivity index (χ1n) is 2.62. The first kappa shape index (κ1) is 11.0. The van der Waals surface area contributed by atoms with E-state index < -0.39 is 0 Å². The van der Waals surface area contributed by atoms with Gasteiger partial charge in [-0.15, -0.1) is 0 Å². The average molecular weight is 134 g/mol. The Morgan fingerprint density at radius 1 is 1.50 bits per heavy atom. The molecule has 8 heavy (non-hydrogen) atoms. The molecule has 0 saturated carbocycles. The lowest BCUT2D eigenvalue weighted by Gasteiger charge is -1.95. The maximum atomic E-state index is 10.3. The second kappa shape index (κ2) is 5.24. The van der Waals surface area contributed by atoms with Crippen molar-refractivity contribution in [3.8, 4) is 0 Å². The van der Waals surface area contributed by atoms with Gasteiger partial charge in [0.15, 0.2) is 0 Å². The molecule has 2 heteroatoms. The Balaban J connectivity index is 0. The fourth-order valence-electron chi connectivity index (χ4n) is 0.575. The Bertz CT molecular complexity index is 68.9. The van der Waals surface area contributed by atoms with Crippen molar-refractivity contribution in [3.05, 3.63) is 0 Å². The maximum absolute atomic E-state index is 10.3. The van der Waals surface area contributed by atoms with E-state index in [0.717, 1.165) is 6.42 Å². The van der Waals surface area contributed by atoms with Gasteiger partial charge < -0.3 is 4.79 Å². The second-order valence-electron chi connectivity index (χ2n) is 2.30. The SMILES string of the molecule is CC(=O)CC(C)C.P. The highest BCUT2D eigenvalue weighted by Gasteiger charge is 1.95. The highest BCUT2D eigenvalue weighted by Crippen LogP contribution is 1.97. The summed E-state index contributed by atoms with van der Waals surface area (Å²) in [7, 11) is 0. The minimum atomic E-state index is 0. The summed E-state index contributed by atoms with van der Waals surface area (Å²) in [6.45, 7) is 5.71. The van der Waals surface area contributed by atoms with Gasteiger partial charge in [0.25, 0.3) is 0 Å². The topological polar surface area (TPSA) is 17.1 Å². The normalized spacial score (nSPS) is 8.50. The van der Waals surface area contributed by atoms with E-state index in [4.69, 9.17) is 0 Å². The van der Waals surface area contributed by atoms with Crippen molar-refractivity contribution in [2.24, 2.45) is 5.92 Å². The monoisotopic (exact) mass is 134 g/mol. The Kier molecular flexibility index (Phi) is 7.19. The average Bonchev–Trinajstić information content (AvgIpc) is 1.27. The summed E-state index contributed by atoms with van der Waals surface area (Å²) in [6.07, 6.45) is 0.722. The zero-order chi connectivity index (χ0) is 5.86. The van der Waals surface area contributed by atoms with Crippen molar-refractivity contribution in [3.63, 3.8) is 0 Å². The molecule has 0 heterocycles. The van der Waals surface area contributed by atoms with Gasteiger partial charge >= 0.3 is 0 Å². The molecule has 0 spiro atoms. The molecule has 0 aromatic rings. The van der Waals surface area contributed by atoms with E-state index in [1.807, 2.05) is 13.8 Å². The van der Waals surface area contributed by atoms with Crippen molar-refractivity contribution in [1.82, 2.24) is 0 Å². The molecular formula is C6H15OP. The zero-order valence-corrected chi connectivity index (χ0v) is 7.31. The van der Waals surface area contributed by atoms with E-state index in [1.54, 1.807) is 6.92 Å². The van der Waals surface area contributed by atoms with Crippen LogP contribution < -0.4 is 0 Å². The van der Waals surface area contributed by atoms with Crippen molar-refractivity contribution < 1.29 is 4.79 Å². The van der Waals surface area contributed by atoms with Crippen LogP contribution in [0.5, 0.6) is 0 Å². The molecule has 0 bridgehead atoms. The molecule has 0 saturated heterocycles. The summed E-state index contributed by atoms with van der Waals surface area (Å²) in [5.74, 6) is 0.813. The van der Waals surface area contributed by atoms with Gasteiger partial charge in [0.1, 0.15) is 5.78 Å². The largest absolute Gasteiger partial charge is 0.300 e. The quantitative estimate of drug-likeness (QED) is 0.525. The Hall–Kier alpha value is 0.100. The van der Waals surface area contributed by atoms with Gasteiger partial charge in [-0.05, 0) is 12.8 Å². The fraction of sp³-hybridized carbons (Fsp3) is 0.833. The van der Waals surface area contributed by atoms with Crippen LogP contribution in [-0.4, -0.2) is 5.78 Å². The minimum absolute atomic E-state index is 0. The molecule has 0 aliphatic rings. The van der Waals surface area contributed by atoms with E-state index in [0.29, 0.717) is 5.92 Å². The first-order chi connectivity index (χ1) is 3.13. The molecular weight excluding hydrogens is 119 g/mol. The van der Waals surface area contributed by atoms with E-state index in [9.17, 15) is 4.79 Å². The van der Waals surface area contributed by atoms with Crippen LogP contribution in [-0.2, 0) is 4.79 Å². The molecule has 0 radical (unpaired) electrons. The summed E-state index contributed by atoms with van der Waals surface area (Å²) in [6, 6.07) is 0. The molecule has 1 unspecified atom stereocenters. The molecule has 0 rings (SSSR count). The van der Waals surface area contributed by atoms with Crippen LogP contribution in [0.2, 0.25) is 0 Å². The van der Waals surface area contributed by atoms with Crippen LogP contribution in [0.15, 0.2) is 0 Å². The van der Waals surface area contributed by atoms with Crippen LogP contribution >= 0.6 is 9.90 Å². The summed E-state index contributed by atoms with van der Waals surface area (Å²) in [5.41, 5.74) is 0. The first-order valence-corrected chi connectivity index (χ1v) is 2.62. The summed E-state index contributed by atoms with van der Waals surface area (Å²) >= 11 is 0. The van der Waals surface area contributed by atoms with E-state index in [-0.39, 0.29) is 15.7 Å². The number of hydrogen-bond acceptors (Lipinski definition) is 1. The van der Waals surface area contributed by atoms with Crippen LogP contribution in [0.4, 0.5) is 0 Å². The van der Waals surface area contributed by atoms with Crippen molar-refractivity contribution in [2.75, 3.05) is 0 Å². The predicted octanol–water partition coefficient (Wildman–Crippen LogP) is 1.68. The smallest absolute Gasteiger partial charge is 0.130 e. The number of Topliss-reactive ketones (excluding diaryl/α,β-unsaturated/α-hetero) is 1. The van der Waals surface area contributed by atoms with Gasteiger partial charge in [-0.2, -0.15) is 9.90 Å². The fourth-order valence-corrected chi connectivity index (χ4v) is 0.575. The lowest BCUT2D eigenvalue weighted by Crippen LogP contribution is -1.95. The van der Waals surface area contributed by atoms with Gasteiger partial charge in [0.2, 0.25) is 0 Å². The molecule has 0 N–H and O–H groups in total. The Labute approximate surface area is 54.5 Å². The highest BCUT2D eigenvalue weighted by atomic mass is 31.0. The summed E-state index contributed by atoms with van der Waals surface area (Å²) in [5, 5.41) is 0. The van der Waals surface area contributed by atoms with Crippen LogP contribution in [0.3, 0.4) is 0 Å². The molecule has 50 valence electrons. The highest BCUT2D eigenvalue weighted by molar-refractivity contribution is 6.92. The lowest BCUT2D eigenvalue weighted by atomic mass is 10.1. The third-order valence-electron chi connectivity index (χ3n) is 0.696. The van der Waals surface area contributed by atoms with Crippen molar-refractivity contribution in [1.29, 1.82) is 0 Å². The van der Waals surface area contributed by atoms with E-state index >= 15 is 0 Å². The molecule has 0 amide bonds. The summed E-state index contributed by atoms with van der Waals surface area (Å²) < 4.78 is 0. The standard InChI is InChI=1S/C6H12O.H3P/c1-5(2)4-6(3)7;/h5H,4H2,1-3H3;1H3. The number of hydrogen-bond donors (Lipinski definition) is 0. The molecule has 1 atom stereocenters. The Morgan fingerprint density at radius 2 is 1.88 bits per heavy atom. The third-order valence-corrected chi connectivity index (χ3v) is 0.696. The lowest BCUT2D eigenvalue weighted by molar-refractivity contribution is -0.117. The molecule has 0 aromatic heterocycles. The van der Waals surface area contributed by atoms with E-state index in [1.165, 1.54) is 0 Å². The third kappa shape index (κ3) is 9.44. The number of ketones is 1. The zero-order valence-electron chi connectivity index (χ0n) is 5.90. The van der Waals surface area contributed by atoms with Gasteiger partial charge in [-0.25, -0.2) is 0 Å². The van der Waals surface area contributed by atoms with Crippen molar-refractivity contribution >= 4 is 15.7 Å². The minimum Gasteiger partial charge on any atom is -0.300 e. The van der Waals surface area contributed by atoms with E-state index in [2.05, 4.69) is 0 Å². The predicted molar refractivity (Wildman–Crippen MR) is 41.2 cm³/mol. The molecule has 0 aromatic carbocycles. The summed E-state index contributed by atoms with van der Waals surface area (Å²) in [4.78, 5) is 10.3. The molecule has 0 fully saturated rings. The number of carbonyl (C=O) groups is 1. The number of rotatable bonds is 2. The molecule has 0 aliphatic heterocycles. The number of carbonyl (C=O) groups excluding carboxylic acids is 1. The van der Waals surface area contributed by atoms with Crippen molar-refractivity contribution in [2.45, 2.75) is 27.2 Å². The molecule has 1 nitrogen and oxygen atoms in total. The second-order valence-corrected chi connectivity index (χ2v) is 2.30. The van der Waals surface area contributed by atoms with Crippen LogP contribution in [0.25, 0.3) is 0 Å². The van der Waals surface area contributed by atoms with Gasteiger partial charge in [-0.1, -0.05) is 13.8 Å². The van der Waals surface area contributed by atoms with Gasteiger partial charge in [-0.3, -0.25) is 0 Å². The Morgan fingerprint density at radius 3 is 1.88 bits per heavy atom. The van der Waals surface area contributed by atoms with Gasteiger partial charge in [0.05, 0.1) is 0 Å². The van der Waals surface area contributed by atoms with Crippen LogP contribution in [0.1, 0.15) is 27.2 Å². The van der Waals surface area contributed by atoms with Gasteiger partial charge in [0, 0.05) is 6.42 Å². The molecule has 0 aliphatic carbocycles.